The molecule has 2 N–H and O–H groups in total. The number of hydrogen-bond donors (Lipinski definition) is 2. The zero-order valence-corrected chi connectivity index (χ0v) is 12.3. The maximum absolute atomic E-state index is 12.1. The molecule has 98 valence electrons. The van der Waals surface area contributed by atoms with Gasteiger partial charge in [0.2, 0.25) is 0 Å². The number of halogens is 1. The molecule has 0 aromatic heterocycles. The molecule has 0 saturated carbocycles. The minimum Gasteiger partial charge on any atom is -0.507 e. The molecular weight excluding hydrogens is 306 g/mol. The number of nitrogens with one attached hydrogen (secondary N) is 1. The molecule has 2 rings (SSSR count). The minimum absolute atomic E-state index is 0.0451. The lowest BCUT2D eigenvalue weighted by Crippen LogP contribution is -2.12. The minimum atomic E-state index is -0.324. The van der Waals surface area contributed by atoms with Gasteiger partial charge >= 0.3 is 0 Å². The molecule has 0 bridgehead atoms. The highest BCUT2D eigenvalue weighted by Gasteiger charge is 2.11. The summed E-state index contributed by atoms with van der Waals surface area (Å²) in [5.41, 5.74) is 3.14. The zero-order valence-electron chi connectivity index (χ0n) is 10.7. The molecular formula is C15H14BrNO2. The number of carbonyl (C=O) groups excluding carboxylic acids is 1. The van der Waals surface area contributed by atoms with Crippen molar-refractivity contribution in [2.75, 3.05) is 5.32 Å². The molecule has 1 amide bonds. The van der Waals surface area contributed by atoms with Crippen LogP contribution in [0, 0.1) is 13.8 Å². The maximum Gasteiger partial charge on any atom is 0.259 e. The summed E-state index contributed by atoms with van der Waals surface area (Å²) in [6.45, 7) is 3.94. The molecule has 2 aromatic rings. The van der Waals surface area contributed by atoms with Crippen LogP contribution in [0.25, 0.3) is 0 Å². The monoisotopic (exact) mass is 319 g/mol. The van der Waals surface area contributed by atoms with Gasteiger partial charge in [0.1, 0.15) is 5.75 Å². The van der Waals surface area contributed by atoms with Gasteiger partial charge in [-0.25, -0.2) is 0 Å². The summed E-state index contributed by atoms with van der Waals surface area (Å²) >= 11 is 3.24. The van der Waals surface area contributed by atoms with E-state index in [0.29, 0.717) is 0 Å². The average Bonchev–Trinajstić information content (AvgIpc) is 2.26. The molecule has 0 heterocycles. The molecule has 0 unspecified atom stereocenters. The van der Waals surface area contributed by atoms with Crippen LogP contribution >= 0.6 is 15.9 Å². The normalized spacial score (nSPS) is 10.3. The number of anilines is 1. The lowest BCUT2D eigenvalue weighted by atomic mass is 10.1. The van der Waals surface area contributed by atoms with Gasteiger partial charge in [-0.05, 0) is 55.3 Å². The van der Waals surface area contributed by atoms with Gasteiger partial charge in [0.15, 0.2) is 0 Å². The van der Waals surface area contributed by atoms with Gasteiger partial charge in [-0.1, -0.05) is 22.0 Å². The highest BCUT2D eigenvalue weighted by Crippen LogP contribution is 2.23. The number of amides is 1. The molecule has 3 nitrogen and oxygen atoms in total. The van der Waals surface area contributed by atoms with E-state index in [-0.39, 0.29) is 17.2 Å². The Morgan fingerprint density at radius 3 is 2.32 bits per heavy atom. The van der Waals surface area contributed by atoms with E-state index in [1.807, 2.05) is 32.0 Å². The van der Waals surface area contributed by atoms with Gasteiger partial charge in [0, 0.05) is 10.2 Å². The van der Waals surface area contributed by atoms with Gasteiger partial charge in [-0.2, -0.15) is 0 Å². The van der Waals surface area contributed by atoms with Crippen molar-refractivity contribution in [3.05, 3.63) is 57.6 Å². The van der Waals surface area contributed by atoms with E-state index in [9.17, 15) is 9.90 Å². The van der Waals surface area contributed by atoms with Gasteiger partial charge in [-0.3, -0.25) is 4.79 Å². The highest BCUT2D eigenvalue weighted by molar-refractivity contribution is 9.10. The van der Waals surface area contributed by atoms with Crippen LogP contribution in [0.5, 0.6) is 5.75 Å². The standard InChI is InChI=1S/C15H14BrNO2/c1-9-5-10(2)7-12(6-9)17-15(19)13-4-3-11(16)8-14(13)18/h3-8,18H,1-2H3,(H,17,19). The predicted molar refractivity (Wildman–Crippen MR) is 79.7 cm³/mol. The number of phenolic OH excluding ortho intramolecular Hbond substituents is 1. The number of benzene rings is 2. The highest BCUT2D eigenvalue weighted by atomic mass is 79.9. The summed E-state index contributed by atoms with van der Waals surface area (Å²) in [4.78, 5) is 12.1. The third kappa shape index (κ3) is 3.35. The van der Waals surface area contributed by atoms with Crippen molar-refractivity contribution in [2.24, 2.45) is 0 Å². The molecule has 0 atom stereocenters. The van der Waals surface area contributed by atoms with Crippen molar-refractivity contribution in [3.63, 3.8) is 0 Å². The van der Waals surface area contributed by atoms with Crippen LogP contribution in [0.3, 0.4) is 0 Å². The summed E-state index contributed by atoms with van der Waals surface area (Å²) in [7, 11) is 0. The smallest absolute Gasteiger partial charge is 0.259 e. The number of carbonyl (C=O) groups is 1. The lowest BCUT2D eigenvalue weighted by molar-refractivity contribution is 0.102. The average molecular weight is 320 g/mol. The Labute approximate surface area is 120 Å². The Bertz CT molecular complexity index is 618. The first-order chi connectivity index (χ1) is 8.95. The van der Waals surface area contributed by atoms with Crippen molar-refractivity contribution >= 4 is 27.5 Å². The van der Waals surface area contributed by atoms with E-state index in [4.69, 9.17) is 0 Å². The third-order valence-corrected chi connectivity index (χ3v) is 3.18. The first-order valence-electron chi connectivity index (χ1n) is 5.84. The molecule has 0 aliphatic rings. The fourth-order valence-corrected chi connectivity index (χ4v) is 2.29. The van der Waals surface area contributed by atoms with Crippen molar-refractivity contribution in [1.29, 1.82) is 0 Å². The summed E-state index contributed by atoms with van der Waals surface area (Å²) in [5.74, 6) is -0.369. The number of aryl methyl sites for hydroxylation is 2. The van der Waals surface area contributed by atoms with Gasteiger partial charge < -0.3 is 10.4 Å². The second-order valence-corrected chi connectivity index (χ2v) is 5.41. The van der Waals surface area contributed by atoms with E-state index >= 15 is 0 Å². The van der Waals surface area contributed by atoms with Crippen LogP contribution in [0.1, 0.15) is 21.5 Å². The summed E-state index contributed by atoms with van der Waals surface area (Å²) in [5, 5.41) is 12.5. The lowest BCUT2D eigenvalue weighted by Gasteiger charge is -2.09. The van der Waals surface area contributed by atoms with Crippen LogP contribution in [-0.4, -0.2) is 11.0 Å². The molecule has 0 saturated heterocycles. The first-order valence-corrected chi connectivity index (χ1v) is 6.63. The zero-order chi connectivity index (χ0) is 14.0. The van der Waals surface area contributed by atoms with E-state index in [2.05, 4.69) is 21.2 Å². The van der Waals surface area contributed by atoms with Crippen LogP contribution in [-0.2, 0) is 0 Å². The fourth-order valence-electron chi connectivity index (χ4n) is 1.94. The fraction of sp³-hybridized carbons (Fsp3) is 0.133. The number of rotatable bonds is 2. The van der Waals surface area contributed by atoms with Crippen LogP contribution in [0.4, 0.5) is 5.69 Å². The van der Waals surface area contributed by atoms with Crippen LogP contribution in [0.2, 0.25) is 0 Å². The summed E-state index contributed by atoms with van der Waals surface area (Å²) < 4.78 is 0.730. The SMILES string of the molecule is Cc1cc(C)cc(NC(=O)c2ccc(Br)cc2O)c1. The first kappa shape index (κ1) is 13.6. The molecule has 0 fully saturated rings. The summed E-state index contributed by atoms with van der Waals surface area (Å²) in [6, 6.07) is 10.6. The van der Waals surface area contributed by atoms with E-state index < -0.39 is 0 Å². The molecule has 19 heavy (non-hydrogen) atoms. The second kappa shape index (κ2) is 5.45. The van der Waals surface area contributed by atoms with E-state index in [1.165, 1.54) is 6.07 Å². The van der Waals surface area contributed by atoms with Crippen LogP contribution < -0.4 is 5.32 Å². The quantitative estimate of drug-likeness (QED) is 0.878. The van der Waals surface area contributed by atoms with Gasteiger partial charge in [0.05, 0.1) is 5.56 Å². The Hall–Kier alpha value is -1.81. The van der Waals surface area contributed by atoms with Crippen molar-refractivity contribution < 1.29 is 9.90 Å². The molecule has 0 radical (unpaired) electrons. The topological polar surface area (TPSA) is 49.3 Å². The number of aromatic hydroxyl groups is 1. The Balaban J connectivity index is 2.25. The third-order valence-electron chi connectivity index (χ3n) is 2.68. The summed E-state index contributed by atoms with van der Waals surface area (Å²) in [6.07, 6.45) is 0. The van der Waals surface area contributed by atoms with Gasteiger partial charge in [-0.15, -0.1) is 0 Å². The number of hydrogen-bond acceptors (Lipinski definition) is 2. The van der Waals surface area contributed by atoms with Crippen molar-refractivity contribution in [3.8, 4) is 5.75 Å². The van der Waals surface area contributed by atoms with Crippen molar-refractivity contribution in [1.82, 2.24) is 0 Å². The Morgan fingerprint density at radius 2 is 1.74 bits per heavy atom. The Morgan fingerprint density at radius 1 is 1.11 bits per heavy atom. The van der Waals surface area contributed by atoms with E-state index in [1.54, 1.807) is 12.1 Å². The van der Waals surface area contributed by atoms with Gasteiger partial charge in [0.25, 0.3) is 5.91 Å². The maximum atomic E-state index is 12.1. The largest absolute Gasteiger partial charge is 0.507 e. The second-order valence-electron chi connectivity index (χ2n) is 4.49. The predicted octanol–water partition coefficient (Wildman–Crippen LogP) is 4.02. The number of phenols is 1. The van der Waals surface area contributed by atoms with Crippen molar-refractivity contribution in [2.45, 2.75) is 13.8 Å². The van der Waals surface area contributed by atoms with Crippen LogP contribution in [0.15, 0.2) is 40.9 Å². The molecule has 0 aliphatic heterocycles. The molecule has 0 aliphatic carbocycles. The van der Waals surface area contributed by atoms with E-state index in [0.717, 1.165) is 21.3 Å². The Kier molecular flexibility index (Phi) is 3.90. The molecule has 2 aromatic carbocycles. The molecule has 4 heteroatoms. The molecule has 0 spiro atoms.